The molecule has 12 heavy (non-hydrogen) atoms. The van der Waals surface area contributed by atoms with Crippen LogP contribution in [0.3, 0.4) is 0 Å². The van der Waals surface area contributed by atoms with Gasteiger partial charge in [-0.25, -0.2) is 0 Å². The highest BCUT2D eigenvalue weighted by Gasteiger charge is 1.96. The summed E-state index contributed by atoms with van der Waals surface area (Å²) >= 11 is 0. The molecule has 1 aromatic rings. The fourth-order valence-corrected chi connectivity index (χ4v) is 0.764. The molecule has 62 valence electrons. The highest BCUT2D eigenvalue weighted by Crippen LogP contribution is 1.99. The first-order valence-corrected chi connectivity index (χ1v) is 3.57. The maximum absolute atomic E-state index is 10.5. The molecule has 3 heteroatoms. The molecule has 0 aromatic carbocycles. The maximum atomic E-state index is 10.5. The van der Waals surface area contributed by atoms with E-state index in [1.165, 1.54) is 19.2 Å². The minimum atomic E-state index is -0.0224. The van der Waals surface area contributed by atoms with Gasteiger partial charge in [0.15, 0.2) is 23.9 Å². The van der Waals surface area contributed by atoms with Crippen LogP contribution in [0, 0.1) is 0 Å². The standard InChI is InChI=1S/C9H9NO2/c1-8(11)4-6-10-5-2-3-9(12)7-10/h2-7H,1H3/p+1/b6-4+. The molecule has 0 aliphatic carbocycles. The molecule has 0 atom stereocenters. The summed E-state index contributed by atoms with van der Waals surface area (Å²) in [7, 11) is 0. The number of hydrogen-bond donors (Lipinski definition) is 1. The molecule has 0 amide bonds. The van der Waals surface area contributed by atoms with Crippen LogP contribution in [0.15, 0.2) is 30.6 Å². The second-order valence-corrected chi connectivity index (χ2v) is 2.44. The Morgan fingerprint density at radius 2 is 2.42 bits per heavy atom. The summed E-state index contributed by atoms with van der Waals surface area (Å²) in [5, 5.41) is 9.04. The molecule has 0 saturated carbocycles. The zero-order valence-electron chi connectivity index (χ0n) is 6.77. The van der Waals surface area contributed by atoms with Gasteiger partial charge in [-0.2, -0.15) is 4.57 Å². The van der Waals surface area contributed by atoms with E-state index >= 15 is 0 Å². The van der Waals surface area contributed by atoms with Crippen LogP contribution in [-0.2, 0) is 4.79 Å². The first kappa shape index (κ1) is 8.46. The van der Waals surface area contributed by atoms with Crippen LogP contribution in [0.2, 0.25) is 0 Å². The van der Waals surface area contributed by atoms with Crippen molar-refractivity contribution in [1.82, 2.24) is 0 Å². The monoisotopic (exact) mass is 164 g/mol. The number of carbonyl (C=O) groups excluding carboxylic acids is 1. The van der Waals surface area contributed by atoms with Crippen molar-refractivity contribution >= 4 is 12.0 Å². The van der Waals surface area contributed by atoms with Crippen LogP contribution in [0.25, 0.3) is 6.20 Å². The Morgan fingerprint density at radius 3 is 3.00 bits per heavy atom. The van der Waals surface area contributed by atoms with Crippen molar-refractivity contribution in [2.75, 3.05) is 0 Å². The van der Waals surface area contributed by atoms with E-state index in [-0.39, 0.29) is 11.5 Å². The highest BCUT2D eigenvalue weighted by atomic mass is 16.3. The molecule has 0 unspecified atom stereocenters. The van der Waals surface area contributed by atoms with Gasteiger partial charge in [-0.3, -0.25) is 4.79 Å². The van der Waals surface area contributed by atoms with Crippen molar-refractivity contribution in [3.05, 3.63) is 30.6 Å². The van der Waals surface area contributed by atoms with E-state index in [1.54, 1.807) is 29.1 Å². The highest BCUT2D eigenvalue weighted by molar-refractivity contribution is 5.89. The minimum absolute atomic E-state index is 0.0224. The molecule has 0 aliphatic heterocycles. The zero-order valence-corrected chi connectivity index (χ0v) is 6.77. The first-order valence-electron chi connectivity index (χ1n) is 3.57. The fraction of sp³-hybridized carbons (Fsp3) is 0.111. The number of pyridine rings is 1. The van der Waals surface area contributed by atoms with Crippen LogP contribution in [0.5, 0.6) is 5.75 Å². The predicted molar refractivity (Wildman–Crippen MR) is 44.3 cm³/mol. The van der Waals surface area contributed by atoms with Gasteiger partial charge in [0.25, 0.3) is 0 Å². The lowest BCUT2D eigenvalue weighted by molar-refractivity contribution is -0.568. The molecule has 0 spiro atoms. The van der Waals surface area contributed by atoms with Crippen LogP contribution in [0.4, 0.5) is 0 Å². The molecule has 0 radical (unpaired) electrons. The summed E-state index contributed by atoms with van der Waals surface area (Å²) in [6, 6.07) is 3.26. The van der Waals surface area contributed by atoms with Gasteiger partial charge in [0.1, 0.15) is 0 Å². The molecule has 1 heterocycles. The first-order chi connectivity index (χ1) is 5.68. The number of rotatable bonds is 2. The quantitative estimate of drug-likeness (QED) is 0.517. The lowest BCUT2D eigenvalue weighted by Gasteiger charge is -1.87. The Kier molecular flexibility index (Phi) is 2.58. The summed E-state index contributed by atoms with van der Waals surface area (Å²) in [5.41, 5.74) is 0. The molecule has 1 N–H and O–H groups in total. The summed E-state index contributed by atoms with van der Waals surface area (Å²) < 4.78 is 1.61. The number of hydrogen-bond acceptors (Lipinski definition) is 2. The number of carbonyl (C=O) groups is 1. The second-order valence-electron chi connectivity index (χ2n) is 2.44. The minimum Gasteiger partial charge on any atom is -0.503 e. The Morgan fingerprint density at radius 1 is 1.67 bits per heavy atom. The van der Waals surface area contributed by atoms with Gasteiger partial charge in [-0.1, -0.05) is 0 Å². The number of ketones is 1. The third kappa shape index (κ3) is 2.54. The smallest absolute Gasteiger partial charge is 0.216 e. The Hall–Kier alpha value is -1.64. The molecular formula is C9H10NO2+. The second kappa shape index (κ2) is 3.67. The largest absolute Gasteiger partial charge is 0.503 e. The van der Waals surface area contributed by atoms with E-state index in [4.69, 9.17) is 5.11 Å². The zero-order chi connectivity index (χ0) is 8.97. The van der Waals surface area contributed by atoms with Gasteiger partial charge >= 0.3 is 0 Å². The van der Waals surface area contributed by atoms with Crippen molar-refractivity contribution in [3.8, 4) is 5.75 Å². The van der Waals surface area contributed by atoms with Crippen molar-refractivity contribution in [2.45, 2.75) is 6.92 Å². The summed E-state index contributed by atoms with van der Waals surface area (Å²) in [5.74, 6) is 0.150. The third-order valence-electron chi connectivity index (χ3n) is 1.29. The van der Waals surface area contributed by atoms with Gasteiger partial charge in [0.05, 0.1) is 0 Å². The molecule has 3 nitrogen and oxygen atoms in total. The normalized spacial score (nSPS) is 10.4. The SMILES string of the molecule is CC(=O)/C=C/[n+]1cccc(O)c1. The predicted octanol–water partition coefficient (Wildman–Crippen LogP) is 0.739. The average molecular weight is 164 g/mol. The Labute approximate surface area is 70.6 Å². The van der Waals surface area contributed by atoms with E-state index in [1.807, 2.05) is 0 Å². The summed E-state index contributed by atoms with van der Waals surface area (Å²) in [6.07, 6.45) is 6.26. The van der Waals surface area contributed by atoms with Gasteiger partial charge in [-0.05, 0) is 13.0 Å². The number of nitrogens with zero attached hydrogens (tertiary/aromatic N) is 1. The van der Waals surface area contributed by atoms with E-state index in [0.29, 0.717) is 0 Å². The topological polar surface area (TPSA) is 41.2 Å². The van der Waals surface area contributed by atoms with Crippen LogP contribution < -0.4 is 4.57 Å². The Bertz CT molecular complexity index is 318. The Balaban J connectivity index is 2.83. The molecule has 1 rings (SSSR count). The summed E-state index contributed by atoms with van der Waals surface area (Å²) in [6.45, 7) is 1.47. The van der Waals surface area contributed by atoms with E-state index in [9.17, 15) is 4.79 Å². The number of aromatic hydroxyl groups is 1. The van der Waals surface area contributed by atoms with Gasteiger partial charge < -0.3 is 5.11 Å². The molecule has 0 saturated heterocycles. The maximum Gasteiger partial charge on any atom is 0.216 e. The molecular weight excluding hydrogens is 154 g/mol. The van der Waals surface area contributed by atoms with E-state index in [0.717, 1.165) is 0 Å². The van der Waals surface area contributed by atoms with Crippen molar-refractivity contribution in [3.63, 3.8) is 0 Å². The van der Waals surface area contributed by atoms with Crippen molar-refractivity contribution in [1.29, 1.82) is 0 Å². The molecule has 0 bridgehead atoms. The third-order valence-corrected chi connectivity index (χ3v) is 1.29. The fourth-order valence-electron chi connectivity index (χ4n) is 0.764. The van der Waals surface area contributed by atoms with Crippen molar-refractivity contribution < 1.29 is 14.5 Å². The van der Waals surface area contributed by atoms with Crippen molar-refractivity contribution in [2.24, 2.45) is 0 Å². The van der Waals surface area contributed by atoms with Gasteiger partial charge in [0.2, 0.25) is 6.20 Å². The molecule has 0 fully saturated rings. The van der Waals surface area contributed by atoms with Crippen LogP contribution in [0.1, 0.15) is 6.92 Å². The molecule has 1 aromatic heterocycles. The van der Waals surface area contributed by atoms with Crippen LogP contribution in [-0.4, -0.2) is 10.9 Å². The lowest BCUT2D eigenvalue weighted by atomic mass is 10.4. The van der Waals surface area contributed by atoms with E-state index < -0.39 is 0 Å². The lowest BCUT2D eigenvalue weighted by Crippen LogP contribution is -2.24. The van der Waals surface area contributed by atoms with Gasteiger partial charge in [0, 0.05) is 12.1 Å². The number of allylic oxidation sites excluding steroid dienone is 1. The van der Waals surface area contributed by atoms with Gasteiger partial charge in [-0.15, -0.1) is 0 Å². The molecule has 0 aliphatic rings. The average Bonchev–Trinajstić information content (AvgIpc) is 2.01. The number of aromatic nitrogens is 1. The van der Waals surface area contributed by atoms with E-state index in [2.05, 4.69) is 0 Å². The van der Waals surface area contributed by atoms with Crippen LogP contribution >= 0.6 is 0 Å². The summed E-state index contributed by atoms with van der Waals surface area (Å²) in [4.78, 5) is 10.5.